The minimum Gasteiger partial charge on any atom is -0.497 e. The monoisotopic (exact) mass is 454 g/mol. The van der Waals surface area contributed by atoms with Gasteiger partial charge in [0.1, 0.15) is 19.0 Å². The summed E-state index contributed by atoms with van der Waals surface area (Å²) in [5.74, 6) is 2.09. The third-order valence-electron chi connectivity index (χ3n) is 5.75. The molecule has 0 aliphatic carbocycles. The van der Waals surface area contributed by atoms with Crippen LogP contribution in [0, 0.1) is 0 Å². The van der Waals surface area contributed by atoms with Crippen molar-refractivity contribution in [2.75, 3.05) is 64.5 Å². The van der Waals surface area contributed by atoms with Crippen LogP contribution < -0.4 is 24.4 Å². The van der Waals surface area contributed by atoms with E-state index >= 15 is 0 Å². The maximum atomic E-state index is 12.5. The summed E-state index contributed by atoms with van der Waals surface area (Å²) in [6.45, 7) is 6.21. The lowest BCUT2D eigenvalue weighted by Crippen LogP contribution is -2.48. The molecule has 8 nitrogen and oxygen atoms in total. The summed E-state index contributed by atoms with van der Waals surface area (Å²) in [5, 5.41) is 4.07. The highest BCUT2D eigenvalue weighted by atomic mass is 32.1. The van der Waals surface area contributed by atoms with Gasteiger partial charge in [0.25, 0.3) is 5.91 Å². The van der Waals surface area contributed by atoms with E-state index in [0.29, 0.717) is 36.8 Å². The molecule has 0 radical (unpaired) electrons. The number of rotatable bonds is 6. The highest BCUT2D eigenvalue weighted by molar-refractivity contribution is 7.22. The number of ether oxygens (including phenoxy) is 3. The summed E-state index contributed by atoms with van der Waals surface area (Å²) < 4.78 is 17.5. The minimum absolute atomic E-state index is 0.0921. The van der Waals surface area contributed by atoms with Gasteiger partial charge in [0.05, 0.1) is 17.3 Å². The molecule has 32 heavy (non-hydrogen) atoms. The Morgan fingerprint density at radius 1 is 1.09 bits per heavy atom. The molecule has 0 bridgehead atoms. The molecule has 1 amide bonds. The summed E-state index contributed by atoms with van der Waals surface area (Å²) >= 11 is 1.70. The summed E-state index contributed by atoms with van der Waals surface area (Å²) in [4.78, 5) is 22.0. The zero-order valence-electron chi connectivity index (χ0n) is 18.0. The molecule has 0 spiro atoms. The molecule has 1 fully saturated rings. The molecule has 2 aliphatic rings. The minimum atomic E-state index is -0.0921. The maximum absolute atomic E-state index is 12.5. The third-order valence-corrected chi connectivity index (χ3v) is 6.82. The molecular formula is C23H26N4O4S. The number of anilines is 1. The van der Waals surface area contributed by atoms with Crippen molar-refractivity contribution in [3.8, 4) is 17.2 Å². The van der Waals surface area contributed by atoms with Gasteiger partial charge in [-0.3, -0.25) is 9.69 Å². The van der Waals surface area contributed by atoms with Crippen molar-refractivity contribution in [2.24, 2.45) is 0 Å². The molecule has 0 unspecified atom stereocenters. The lowest BCUT2D eigenvalue weighted by molar-refractivity contribution is 0.0946. The second-order valence-corrected chi connectivity index (χ2v) is 8.78. The molecule has 9 heteroatoms. The first-order valence-electron chi connectivity index (χ1n) is 10.8. The topological polar surface area (TPSA) is 76.2 Å². The molecule has 2 aromatic carbocycles. The van der Waals surface area contributed by atoms with E-state index in [1.165, 1.54) is 0 Å². The van der Waals surface area contributed by atoms with Crippen molar-refractivity contribution in [1.82, 2.24) is 15.2 Å². The fourth-order valence-electron chi connectivity index (χ4n) is 3.93. The summed E-state index contributed by atoms with van der Waals surface area (Å²) in [6, 6.07) is 11.3. The summed E-state index contributed by atoms with van der Waals surface area (Å²) in [6.07, 6.45) is 0. The quantitative estimate of drug-likeness (QED) is 0.614. The van der Waals surface area contributed by atoms with Crippen molar-refractivity contribution in [3.63, 3.8) is 0 Å². The molecule has 1 N–H and O–H groups in total. The zero-order valence-corrected chi connectivity index (χ0v) is 18.8. The van der Waals surface area contributed by atoms with Gasteiger partial charge in [-0.2, -0.15) is 0 Å². The van der Waals surface area contributed by atoms with Gasteiger partial charge in [-0.25, -0.2) is 4.98 Å². The van der Waals surface area contributed by atoms with Crippen molar-refractivity contribution < 1.29 is 19.0 Å². The van der Waals surface area contributed by atoms with E-state index in [1.807, 2.05) is 18.2 Å². The highest BCUT2D eigenvalue weighted by Gasteiger charge is 2.20. The Morgan fingerprint density at radius 3 is 2.72 bits per heavy atom. The maximum Gasteiger partial charge on any atom is 0.251 e. The van der Waals surface area contributed by atoms with Gasteiger partial charge in [0.15, 0.2) is 16.6 Å². The number of hydrogen-bond donors (Lipinski definition) is 1. The third kappa shape index (κ3) is 4.44. The molecule has 5 rings (SSSR count). The van der Waals surface area contributed by atoms with Crippen molar-refractivity contribution >= 4 is 32.6 Å². The van der Waals surface area contributed by atoms with E-state index in [2.05, 4.69) is 15.1 Å². The molecule has 1 saturated heterocycles. The predicted molar refractivity (Wildman–Crippen MR) is 125 cm³/mol. The SMILES string of the molecule is COc1ccc2nc(N3CCN(CCNC(=O)c4ccc5c(c4)OCCO5)CC3)sc2c1. The Labute approximate surface area is 190 Å². The fraction of sp³-hybridized carbons (Fsp3) is 0.391. The molecule has 168 valence electrons. The van der Waals surface area contributed by atoms with Gasteiger partial charge >= 0.3 is 0 Å². The number of amides is 1. The molecule has 3 aromatic rings. The largest absolute Gasteiger partial charge is 0.497 e. The van der Waals surface area contributed by atoms with E-state index in [4.69, 9.17) is 19.2 Å². The van der Waals surface area contributed by atoms with Gasteiger partial charge in [-0.1, -0.05) is 11.3 Å². The lowest BCUT2D eigenvalue weighted by atomic mass is 10.2. The Bertz CT molecular complexity index is 1110. The van der Waals surface area contributed by atoms with Crippen LogP contribution in [0.15, 0.2) is 36.4 Å². The number of hydrogen-bond acceptors (Lipinski definition) is 8. The van der Waals surface area contributed by atoms with Crippen LogP contribution in [0.5, 0.6) is 17.2 Å². The molecule has 0 atom stereocenters. The number of fused-ring (bicyclic) bond motifs is 2. The molecule has 1 aromatic heterocycles. The Morgan fingerprint density at radius 2 is 1.91 bits per heavy atom. The predicted octanol–water partition coefficient (Wildman–Crippen LogP) is 2.63. The Kier molecular flexibility index (Phi) is 6.00. The fourth-order valence-corrected chi connectivity index (χ4v) is 4.98. The van der Waals surface area contributed by atoms with Crippen LogP contribution in [0.3, 0.4) is 0 Å². The van der Waals surface area contributed by atoms with Gasteiger partial charge in [0, 0.05) is 44.8 Å². The molecule has 2 aliphatic heterocycles. The number of nitrogens with one attached hydrogen (secondary N) is 1. The highest BCUT2D eigenvalue weighted by Crippen LogP contribution is 2.32. The van der Waals surface area contributed by atoms with Crippen LogP contribution in [0.4, 0.5) is 5.13 Å². The lowest BCUT2D eigenvalue weighted by Gasteiger charge is -2.34. The van der Waals surface area contributed by atoms with Crippen LogP contribution in [0.2, 0.25) is 0 Å². The number of carbonyl (C=O) groups excluding carboxylic acids is 1. The molecule has 3 heterocycles. The number of thiazole rings is 1. The Balaban J connectivity index is 1.10. The number of piperazine rings is 1. The van der Waals surface area contributed by atoms with Gasteiger partial charge < -0.3 is 24.4 Å². The first-order valence-corrected chi connectivity index (χ1v) is 11.6. The molecule has 0 saturated carbocycles. The van der Waals surface area contributed by atoms with E-state index in [1.54, 1.807) is 36.6 Å². The average molecular weight is 455 g/mol. The number of benzene rings is 2. The van der Waals surface area contributed by atoms with Crippen LogP contribution in [0.25, 0.3) is 10.2 Å². The standard InChI is InChI=1S/C23H26N4O4S/c1-29-17-3-4-18-21(15-17)32-23(25-18)27-10-8-26(9-11-27)7-6-24-22(28)16-2-5-19-20(14-16)31-13-12-30-19/h2-5,14-15H,6-13H2,1H3,(H,24,28). The molecular weight excluding hydrogens is 428 g/mol. The van der Waals surface area contributed by atoms with Crippen molar-refractivity contribution in [2.45, 2.75) is 0 Å². The van der Waals surface area contributed by atoms with E-state index in [0.717, 1.165) is 53.8 Å². The number of carbonyl (C=O) groups is 1. The van der Waals surface area contributed by atoms with E-state index in [9.17, 15) is 4.79 Å². The van der Waals surface area contributed by atoms with Crippen LogP contribution in [-0.2, 0) is 0 Å². The van der Waals surface area contributed by atoms with Gasteiger partial charge in [0.2, 0.25) is 0 Å². The second kappa shape index (κ2) is 9.22. The van der Waals surface area contributed by atoms with Crippen LogP contribution in [-0.4, -0.2) is 75.4 Å². The number of aromatic nitrogens is 1. The Hall–Kier alpha value is -3.04. The smallest absolute Gasteiger partial charge is 0.251 e. The zero-order chi connectivity index (χ0) is 21.9. The first kappa shape index (κ1) is 20.8. The van der Waals surface area contributed by atoms with Gasteiger partial charge in [-0.15, -0.1) is 0 Å². The van der Waals surface area contributed by atoms with Gasteiger partial charge in [-0.05, 0) is 36.4 Å². The normalized spacial score (nSPS) is 16.2. The van der Waals surface area contributed by atoms with Crippen LogP contribution >= 0.6 is 11.3 Å². The number of nitrogens with zero attached hydrogens (tertiary/aromatic N) is 3. The summed E-state index contributed by atoms with van der Waals surface area (Å²) in [5.41, 5.74) is 1.60. The second-order valence-electron chi connectivity index (χ2n) is 7.77. The summed E-state index contributed by atoms with van der Waals surface area (Å²) in [7, 11) is 1.68. The van der Waals surface area contributed by atoms with Crippen molar-refractivity contribution in [3.05, 3.63) is 42.0 Å². The van der Waals surface area contributed by atoms with Crippen LogP contribution in [0.1, 0.15) is 10.4 Å². The number of methoxy groups -OCH3 is 1. The average Bonchev–Trinajstić information content (AvgIpc) is 3.27. The van der Waals surface area contributed by atoms with Crippen molar-refractivity contribution in [1.29, 1.82) is 0 Å². The van der Waals surface area contributed by atoms with E-state index in [-0.39, 0.29) is 5.91 Å². The first-order chi connectivity index (χ1) is 15.7. The van der Waals surface area contributed by atoms with E-state index < -0.39 is 0 Å².